The van der Waals surface area contributed by atoms with Gasteiger partial charge in [0.15, 0.2) is 17.5 Å². The van der Waals surface area contributed by atoms with Crippen LogP contribution in [0.25, 0.3) is 56.4 Å². The number of hydrogen-bond acceptors (Lipinski definition) is 3. The predicted octanol–water partition coefficient (Wildman–Crippen LogP) is 11.2. The van der Waals surface area contributed by atoms with E-state index in [1.807, 2.05) is 18.2 Å². The van der Waals surface area contributed by atoms with Gasteiger partial charge in [-0.3, -0.25) is 0 Å². The Morgan fingerprint density at radius 1 is 0.383 bits per heavy atom. The van der Waals surface area contributed by atoms with Crippen molar-refractivity contribution in [1.29, 1.82) is 0 Å². The Hall–Kier alpha value is -4.89. The van der Waals surface area contributed by atoms with Crippen LogP contribution < -0.4 is 0 Å². The highest BCUT2D eigenvalue weighted by atomic mass is 15.0. The summed E-state index contributed by atoms with van der Waals surface area (Å²) in [5.41, 5.74) is 13.9. The number of benzene rings is 5. The van der Waals surface area contributed by atoms with Crippen LogP contribution in [0.5, 0.6) is 0 Å². The number of fused-ring (bicyclic) bond motifs is 4. The minimum absolute atomic E-state index is 0.0291. The summed E-state index contributed by atoms with van der Waals surface area (Å²) < 4.78 is 0. The van der Waals surface area contributed by atoms with Crippen LogP contribution in [0.15, 0.2) is 115 Å². The molecule has 0 saturated carbocycles. The summed E-state index contributed by atoms with van der Waals surface area (Å²) in [5.74, 6) is 2.08. The quantitative estimate of drug-likeness (QED) is 0.199. The third-order valence-electron chi connectivity index (χ3n) is 10.8. The van der Waals surface area contributed by atoms with Crippen molar-refractivity contribution in [3.63, 3.8) is 0 Å². The van der Waals surface area contributed by atoms with E-state index in [0.717, 1.165) is 23.1 Å². The van der Waals surface area contributed by atoms with E-state index in [1.165, 1.54) is 50.9 Å². The molecule has 0 saturated heterocycles. The fourth-order valence-corrected chi connectivity index (χ4v) is 7.77. The van der Waals surface area contributed by atoms with Gasteiger partial charge in [-0.2, -0.15) is 0 Å². The van der Waals surface area contributed by atoms with Gasteiger partial charge in [0.2, 0.25) is 0 Å². The lowest BCUT2D eigenvalue weighted by Gasteiger charge is -2.42. The first-order chi connectivity index (χ1) is 22.5. The fraction of sp³-hybridized carbons (Fsp3) is 0.250. The molecule has 3 heteroatoms. The van der Waals surface area contributed by atoms with Crippen molar-refractivity contribution >= 4 is 0 Å². The van der Waals surface area contributed by atoms with Gasteiger partial charge in [-0.05, 0) is 80.3 Å². The molecule has 3 nitrogen and oxygen atoms in total. The fourth-order valence-electron chi connectivity index (χ4n) is 7.77. The van der Waals surface area contributed by atoms with Crippen LogP contribution in [-0.2, 0) is 16.2 Å². The van der Waals surface area contributed by atoms with Gasteiger partial charge in [-0.25, -0.2) is 15.0 Å². The van der Waals surface area contributed by atoms with E-state index in [-0.39, 0.29) is 16.2 Å². The van der Waals surface area contributed by atoms with Crippen molar-refractivity contribution in [2.24, 2.45) is 0 Å². The highest BCUT2D eigenvalue weighted by Gasteiger charge is 2.37. The summed E-state index contributed by atoms with van der Waals surface area (Å²) >= 11 is 0. The number of aromatic nitrogens is 3. The topological polar surface area (TPSA) is 38.7 Å². The van der Waals surface area contributed by atoms with Gasteiger partial charge in [0.1, 0.15) is 0 Å². The molecule has 2 aliphatic carbocycles. The molecule has 1 aromatic heterocycles. The molecule has 0 spiro atoms. The molecule has 232 valence electrons. The first-order valence-corrected chi connectivity index (χ1v) is 16.8. The maximum absolute atomic E-state index is 5.10. The lowest BCUT2D eigenvalue weighted by molar-refractivity contribution is 0.332. The standard InChI is InChI=1S/C44H41N3/c1-42(2)24-25-43(3,4)38-27-32(21-23-36(38)42)41-46-39(29-12-8-7-9-13-29)45-40(47-41)30-18-16-28(17-19-30)31-20-22-34-33-14-10-11-15-35(33)44(5,6)37(34)26-31/h7-23,26-27H,24-25H2,1-6H3. The smallest absolute Gasteiger partial charge is 0.164 e. The van der Waals surface area contributed by atoms with Crippen LogP contribution in [0.4, 0.5) is 0 Å². The van der Waals surface area contributed by atoms with Gasteiger partial charge in [0.25, 0.3) is 0 Å². The lowest BCUT2D eigenvalue weighted by Crippen LogP contribution is -2.33. The number of rotatable bonds is 4. The largest absolute Gasteiger partial charge is 0.208 e. The van der Waals surface area contributed by atoms with E-state index < -0.39 is 0 Å². The molecule has 0 N–H and O–H groups in total. The van der Waals surface area contributed by atoms with Crippen molar-refractivity contribution in [3.05, 3.63) is 138 Å². The molecule has 0 unspecified atom stereocenters. The van der Waals surface area contributed by atoms with Crippen LogP contribution in [0.3, 0.4) is 0 Å². The van der Waals surface area contributed by atoms with Crippen molar-refractivity contribution in [2.75, 3.05) is 0 Å². The first kappa shape index (κ1) is 29.5. The minimum atomic E-state index is -0.0291. The first-order valence-electron chi connectivity index (χ1n) is 16.8. The number of hydrogen-bond donors (Lipinski definition) is 0. The van der Waals surface area contributed by atoms with Crippen molar-refractivity contribution in [1.82, 2.24) is 15.0 Å². The average Bonchev–Trinajstić information content (AvgIpc) is 3.32. The van der Waals surface area contributed by atoms with E-state index in [1.54, 1.807) is 0 Å². The van der Waals surface area contributed by atoms with Crippen LogP contribution in [0.1, 0.15) is 76.6 Å². The average molecular weight is 612 g/mol. The summed E-state index contributed by atoms with van der Waals surface area (Å²) in [6, 6.07) is 41.5. The van der Waals surface area contributed by atoms with Gasteiger partial charge in [-0.1, -0.05) is 145 Å². The molecule has 8 rings (SSSR count). The second-order valence-electron chi connectivity index (χ2n) is 15.2. The van der Waals surface area contributed by atoms with Crippen LogP contribution in [0.2, 0.25) is 0 Å². The molecule has 0 aliphatic heterocycles. The number of nitrogens with zero attached hydrogens (tertiary/aromatic N) is 3. The summed E-state index contributed by atoms with van der Waals surface area (Å²) in [6.45, 7) is 14.1. The maximum atomic E-state index is 5.10. The van der Waals surface area contributed by atoms with Crippen molar-refractivity contribution < 1.29 is 0 Å². The van der Waals surface area contributed by atoms with Crippen LogP contribution in [-0.4, -0.2) is 15.0 Å². The molecule has 2 aliphatic rings. The third kappa shape index (κ3) is 4.91. The summed E-state index contributed by atoms with van der Waals surface area (Å²) in [6.07, 6.45) is 2.35. The van der Waals surface area contributed by atoms with E-state index in [0.29, 0.717) is 17.5 Å². The second-order valence-corrected chi connectivity index (χ2v) is 15.2. The highest BCUT2D eigenvalue weighted by Crippen LogP contribution is 2.50. The second kappa shape index (κ2) is 10.6. The van der Waals surface area contributed by atoms with Crippen molar-refractivity contribution in [2.45, 2.75) is 70.6 Å². The molecule has 47 heavy (non-hydrogen) atoms. The molecule has 0 bridgehead atoms. The molecule has 6 aromatic rings. The Morgan fingerprint density at radius 3 is 1.57 bits per heavy atom. The van der Waals surface area contributed by atoms with Gasteiger partial charge >= 0.3 is 0 Å². The van der Waals surface area contributed by atoms with E-state index >= 15 is 0 Å². The van der Waals surface area contributed by atoms with Crippen molar-refractivity contribution in [3.8, 4) is 56.4 Å². The molecule has 0 atom stereocenters. The van der Waals surface area contributed by atoms with Gasteiger partial charge < -0.3 is 0 Å². The Labute approximate surface area is 278 Å². The summed E-state index contributed by atoms with van der Waals surface area (Å²) in [7, 11) is 0. The molecule has 1 heterocycles. The van der Waals surface area contributed by atoms with Crippen LogP contribution in [0, 0.1) is 0 Å². The predicted molar refractivity (Wildman–Crippen MR) is 194 cm³/mol. The minimum Gasteiger partial charge on any atom is -0.208 e. The summed E-state index contributed by atoms with van der Waals surface area (Å²) in [4.78, 5) is 15.1. The third-order valence-corrected chi connectivity index (χ3v) is 10.8. The van der Waals surface area contributed by atoms with Crippen LogP contribution >= 0.6 is 0 Å². The SMILES string of the molecule is CC1(C)CCC(C)(C)c2cc(-c3nc(-c4ccccc4)nc(-c4ccc(-c5ccc6c(c5)C(C)(C)c5ccccc5-6)cc4)n3)ccc21. The molecule has 5 aromatic carbocycles. The zero-order valence-electron chi connectivity index (χ0n) is 28.2. The Balaban J connectivity index is 1.19. The Kier molecular flexibility index (Phi) is 6.63. The summed E-state index contributed by atoms with van der Waals surface area (Å²) in [5, 5.41) is 0. The van der Waals surface area contributed by atoms with E-state index in [2.05, 4.69) is 139 Å². The zero-order valence-corrected chi connectivity index (χ0v) is 28.2. The Bertz CT molecular complexity index is 2150. The Morgan fingerprint density at radius 2 is 0.872 bits per heavy atom. The van der Waals surface area contributed by atoms with Gasteiger partial charge in [0.05, 0.1) is 0 Å². The van der Waals surface area contributed by atoms with Gasteiger partial charge in [-0.15, -0.1) is 0 Å². The van der Waals surface area contributed by atoms with Gasteiger partial charge in [0, 0.05) is 22.1 Å². The molecule has 0 fully saturated rings. The maximum Gasteiger partial charge on any atom is 0.164 e. The zero-order chi connectivity index (χ0) is 32.6. The lowest BCUT2D eigenvalue weighted by atomic mass is 9.63. The molecule has 0 radical (unpaired) electrons. The normalized spacial score (nSPS) is 16.6. The monoisotopic (exact) mass is 611 g/mol. The molecule has 0 amide bonds. The molecular formula is C44H41N3. The highest BCUT2D eigenvalue weighted by molar-refractivity contribution is 5.84. The van der Waals surface area contributed by atoms with E-state index in [4.69, 9.17) is 15.0 Å². The molecular weight excluding hydrogens is 571 g/mol. The van der Waals surface area contributed by atoms with E-state index in [9.17, 15) is 0 Å².